The van der Waals surface area contributed by atoms with E-state index in [1.54, 1.807) is 12.2 Å². The second kappa shape index (κ2) is 4.84. The number of hydrogen-bond donors (Lipinski definition) is 0. The van der Waals surface area contributed by atoms with Gasteiger partial charge in [0, 0.05) is 6.42 Å². The Morgan fingerprint density at radius 2 is 1.80 bits per heavy atom. The molecule has 1 rings (SSSR count). The van der Waals surface area contributed by atoms with Crippen LogP contribution in [-0.2, 0) is 15.0 Å². The van der Waals surface area contributed by atoms with Crippen LogP contribution in [0.5, 0.6) is 0 Å². The number of carbonyl (C=O) groups excluding carboxylic acids is 1. The highest BCUT2D eigenvalue weighted by molar-refractivity contribution is 7.86. The van der Waals surface area contributed by atoms with Crippen LogP contribution >= 0.6 is 0 Å². The van der Waals surface area contributed by atoms with Crippen molar-refractivity contribution in [2.24, 2.45) is 0 Å². The third-order valence-electron chi connectivity index (χ3n) is 1.70. The lowest BCUT2D eigenvalue weighted by atomic mass is 10.2. The lowest BCUT2D eigenvalue weighted by Crippen LogP contribution is -1.90. The number of aldehydes is 1. The van der Waals surface area contributed by atoms with Gasteiger partial charge in [-0.3, -0.25) is 0 Å². The van der Waals surface area contributed by atoms with Crippen molar-refractivity contribution in [2.45, 2.75) is 11.3 Å². The minimum atomic E-state index is -4.63. The van der Waals surface area contributed by atoms with Crippen molar-refractivity contribution in [1.29, 1.82) is 0 Å². The van der Waals surface area contributed by atoms with Crippen LogP contribution < -0.4 is 0 Å². The summed E-state index contributed by atoms with van der Waals surface area (Å²) in [7, 11) is -4.63. The third kappa shape index (κ3) is 3.63. The fourth-order valence-corrected chi connectivity index (χ4v) is 1.46. The first kappa shape index (κ1) is 11.6. The molecule has 0 bridgehead atoms. The van der Waals surface area contributed by atoms with Gasteiger partial charge in [-0.1, -0.05) is 24.3 Å². The van der Waals surface area contributed by atoms with E-state index in [1.807, 2.05) is 0 Å². The van der Waals surface area contributed by atoms with Crippen LogP contribution in [0.1, 0.15) is 12.0 Å². The van der Waals surface area contributed by atoms with Gasteiger partial charge in [0.15, 0.2) is 0 Å². The van der Waals surface area contributed by atoms with Crippen molar-refractivity contribution < 1.29 is 17.1 Å². The first-order valence-corrected chi connectivity index (χ1v) is 5.57. The van der Waals surface area contributed by atoms with Crippen LogP contribution in [0.4, 0.5) is 3.89 Å². The second-order valence-electron chi connectivity index (χ2n) is 2.81. The fourth-order valence-electron chi connectivity index (χ4n) is 1.00. The molecule has 0 N–H and O–H groups in total. The van der Waals surface area contributed by atoms with Gasteiger partial charge in [0.2, 0.25) is 0 Å². The summed E-state index contributed by atoms with van der Waals surface area (Å²) in [6, 6.07) is 5.29. The molecule has 1 aromatic rings. The molecule has 3 nitrogen and oxygen atoms in total. The number of hydrogen-bond acceptors (Lipinski definition) is 3. The van der Waals surface area contributed by atoms with Gasteiger partial charge in [-0.2, -0.15) is 8.42 Å². The van der Waals surface area contributed by atoms with Crippen LogP contribution in [0.3, 0.4) is 0 Å². The standard InChI is InChI=1S/C10H9FO3S/c11-15(13,14)10-6-4-9(5-7-10)3-1-2-8-12/h1,3-8H,2H2. The maximum absolute atomic E-state index is 12.5. The average Bonchev–Trinajstić information content (AvgIpc) is 2.18. The van der Waals surface area contributed by atoms with E-state index in [2.05, 4.69) is 0 Å². The zero-order valence-corrected chi connectivity index (χ0v) is 8.58. The molecule has 0 aliphatic heterocycles. The van der Waals surface area contributed by atoms with Crippen LogP contribution in [0.15, 0.2) is 35.2 Å². The van der Waals surface area contributed by atoms with Crippen LogP contribution in [0.25, 0.3) is 6.08 Å². The molecule has 80 valence electrons. The molecule has 0 saturated carbocycles. The van der Waals surface area contributed by atoms with E-state index in [0.29, 0.717) is 12.0 Å². The molecule has 0 aliphatic carbocycles. The van der Waals surface area contributed by atoms with Crippen molar-refractivity contribution in [3.8, 4) is 0 Å². The van der Waals surface area contributed by atoms with E-state index < -0.39 is 10.2 Å². The quantitative estimate of drug-likeness (QED) is 0.584. The molecule has 0 fully saturated rings. The minimum absolute atomic E-state index is 0.295. The predicted octanol–water partition coefficient (Wildman–Crippen LogP) is 1.95. The molecule has 1 aromatic carbocycles. The van der Waals surface area contributed by atoms with Crippen LogP contribution in [0.2, 0.25) is 0 Å². The van der Waals surface area contributed by atoms with E-state index in [-0.39, 0.29) is 4.90 Å². The number of rotatable bonds is 4. The largest absolute Gasteiger partial charge is 0.332 e. The lowest BCUT2D eigenvalue weighted by Gasteiger charge is -1.95. The van der Waals surface area contributed by atoms with Crippen molar-refractivity contribution in [3.05, 3.63) is 35.9 Å². The van der Waals surface area contributed by atoms with E-state index in [4.69, 9.17) is 0 Å². The predicted molar refractivity (Wildman–Crippen MR) is 54.5 cm³/mol. The van der Waals surface area contributed by atoms with Gasteiger partial charge < -0.3 is 4.79 Å². The van der Waals surface area contributed by atoms with E-state index in [0.717, 1.165) is 6.29 Å². The number of halogens is 1. The maximum atomic E-state index is 12.5. The van der Waals surface area contributed by atoms with E-state index >= 15 is 0 Å². The van der Waals surface area contributed by atoms with Gasteiger partial charge >= 0.3 is 10.2 Å². The Kier molecular flexibility index (Phi) is 3.74. The topological polar surface area (TPSA) is 51.2 Å². The first-order chi connectivity index (χ1) is 7.04. The maximum Gasteiger partial charge on any atom is 0.332 e. The molecule has 0 saturated heterocycles. The summed E-state index contributed by atoms with van der Waals surface area (Å²) >= 11 is 0. The molecule has 15 heavy (non-hydrogen) atoms. The highest BCUT2D eigenvalue weighted by Crippen LogP contribution is 2.13. The Morgan fingerprint density at radius 3 is 2.27 bits per heavy atom. The van der Waals surface area contributed by atoms with Crippen LogP contribution in [0, 0.1) is 0 Å². The Balaban J connectivity index is 2.86. The number of allylic oxidation sites excluding steroid dienone is 1. The average molecular weight is 228 g/mol. The Hall–Kier alpha value is -1.49. The van der Waals surface area contributed by atoms with Gasteiger partial charge in [0.1, 0.15) is 6.29 Å². The Bertz CT molecular complexity index is 460. The van der Waals surface area contributed by atoms with Gasteiger partial charge in [0.25, 0.3) is 0 Å². The van der Waals surface area contributed by atoms with Crippen molar-refractivity contribution in [3.63, 3.8) is 0 Å². The summed E-state index contributed by atoms with van der Waals surface area (Å²) in [6.45, 7) is 0. The van der Waals surface area contributed by atoms with Gasteiger partial charge in [-0.15, -0.1) is 3.89 Å². The van der Waals surface area contributed by atoms with Crippen LogP contribution in [-0.4, -0.2) is 14.7 Å². The smallest absolute Gasteiger partial charge is 0.303 e. The summed E-state index contributed by atoms with van der Waals surface area (Å²) in [4.78, 5) is 9.63. The summed E-state index contributed by atoms with van der Waals surface area (Å²) in [5.74, 6) is 0. The number of carbonyl (C=O) groups is 1. The SMILES string of the molecule is O=CCC=Cc1ccc(S(=O)(=O)F)cc1. The molecule has 0 aliphatic rings. The second-order valence-corrected chi connectivity index (χ2v) is 4.16. The lowest BCUT2D eigenvalue weighted by molar-refractivity contribution is -0.107. The van der Waals surface area contributed by atoms with E-state index in [9.17, 15) is 17.1 Å². The first-order valence-electron chi connectivity index (χ1n) is 4.19. The minimum Gasteiger partial charge on any atom is -0.303 e. The molecule has 5 heteroatoms. The summed E-state index contributed by atoms with van der Waals surface area (Å²) < 4.78 is 33.4. The highest BCUT2D eigenvalue weighted by Gasteiger charge is 2.09. The zero-order chi connectivity index (χ0) is 11.3. The molecule has 0 amide bonds. The monoisotopic (exact) mass is 228 g/mol. The van der Waals surface area contributed by atoms with Gasteiger partial charge in [-0.05, 0) is 17.7 Å². The fraction of sp³-hybridized carbons (Fsp3) is 0.100. The third-order valence-corrected chi connectivity index (χ3v) is 2.54. The highest BCUT2D eigenvalue weighted by atomic mass is 32.3. The normalized spacial score (nSPS) is 11.8. The van der Waals surface area contributed by atoms with Crippen molar-refractivity contribution >= 4 is 22.6 Å². The molecular weight excluding hydrogens is 219 g/mol. The Morgan fingerprint density at radius 1 is 1.20 bits per heavy atom. The summed E-state index contributed by atoms with van der Waals surface area (Å²) in [5, 5.41) is 0. The molecule has 0 atom stereocenters. The summed E-state index contributed by atoms with van der Waals surface area (Å²) in [6.07, 6.45) is 4.33. The zero-order valence-electron chi connectivity index (χ0n) is 7.76. The molecule has 0 aromatic heterocycles. The Labute approximate surface area is 87.4 Å². The number of benzene rings is 1. The summed E-state index contributed by atoms with van der Waals surface area (Å²) in [5.41, 5.74) is 0.712. The molecule has 0 unspecified atom stereocenters. The molecular formula is C10H9FO3S. The van der Waals surface area contributed by atoms with Crippen molar-refractivity contribution in [2.75, 3.05) is 0 Å². The molecule has 0 heterocycles. The molecule has 0 radical (unpaired) electrons. The van der Waals surface area contributed by atoms with Crippen molar-refractivity contribution in [1.82, 2.24) is 0 Å². The van der Waals surface area contributed by atoms with E-state index in [1.165, 1.54) is 24.3 Å². The molecule has 0 spiro atoms. The van der Waals surface area contributed by atoms with Gasteiger partial charge in [0.05, 0.1) is 4.90 Å². The van der Waals surface area contributed by atoms with Gasteiger partial charge in [-0.25, -0.2) is 0 Å².